The standard InChI is InChI=1S/C18H25N/c1-4-13(5-1)15-7-2-8-16(12-15)18-11-10-14-6-3-9-17(14)19-18/h2,7-8,12-14,17-19H,1,3-6,9-11H2. The Kier molecular flexibility index (Phi) is 3.11. The van der Waals surface area contributed by atoms with Crippen LogP contribution in [0.5, 0.6) is 0 Å². The number of benzene rings is 1. The smallest absolute Gasteiger partial charge is 0.0322 e. The van der Waals surface area contributed by atoms with E-state index in [-0.39, 0.29) is 0 Å². The zero-order chi connectivity index (χ0) is 12.7. The molecule has 1 N–H and O–H groups in total. The Hall–Kier alpha value is -0.820. The highest BCUT2D eigenvalue weighted by atomic mass is 15.0. The molecule has 3 fully saturated rings. The molecule has 102 valence electrons. The minimum atomic E-state index is 0.624. The lowest BCUT2D eigenvalue weighted by Gasteiger charge is -2.34. The number of hydrogen-bond acceptors (Lipinski definition) is 1. The van der Waals surface area contributed by atoms with E-state index < -0.39 is 0 Å². The van der Waals surface area contributed by atoms with Crippen LogP contribution in [0, 0.1) is 5.92 Å². The number of piperidine rings is 1. The molecule has 4 rings (SSSR count). The summed E-state index contributed by atoms with van der Waals surface area (Å²) in [6.45, 7) is 0. The van der Waals surface area contributed by atoms with Crippen LogP contribution in [0.3, 0.4) is 0 Å². The SMILES string of the molecule is c1cc(C2CCC2)cc(C2CCC3CCCC3N2)c1. The van der Waals surface area contributed by atoms with Crippen molar-refractivity contribution in [2.75, 3.05) is 0 Å². The quantitative estimate of drug-likeness (QED) is 0.817. The van der Waals surface area contributed by atoms with Crippen molar-refractivity contribution in [3.63, 3.8) is 0 Å². The van der Waals surface area contributed by atoms with Gasteiger partial charge in [-0.05, 0) is 61.5 Å². The second-order valence-corrected chi connectivity index (χ2v) is 6.89. The third kappa shape index (κ3) is 2.23. The third-order valence-corrected chi connectivity index (χ3v) is 5.79. The van der Waals surface area contributed by atoms with Gasteiger partial charge >= 0.3 is 0 Å². The Bertz CT molecular complexity index is 449. The van der Waals surface area contributed by atoms with Crippen LogP contribution in [0.15, 0.2) is 24.3 Å². The third-order valence-electron chi connectivity index (χ3n) is 5.79. The van der Waals surface area contributed by atoms with Crippen molar-refractivity contribution in [3.05, 3.63) is 35.4 Å². The molecule has 1 aliphatic heterocycles. The zero-order valence-corrected chi connectivity index (χ0v) is 11.8. The van der Waals surface area contributed by atoms with Crippen LogP contribution in [0.1, 0.15) is 74.5 Å². The first kappa shape index (κ1) is 12.0. The zero-order valence-electron chi connectivity index (χ0n) is 11.8. The molecule has 1 saturated heterocycles. The summed E-state index contributed by atoms with van der Waals surface area (Å²) in [6.07, 6.45) is 11.3. The largest absolute Gasteiger partial charge is 0.307 e. The molecule has 0 amide bonds. The number of fused-ring (bicyclic) bond motifs is 1. The van der Waals surface area contributed by atoms with E-state index in [0.29, 0.717) is 6.04 Å². The van der Waals surface area contributed by atoms with Crippen LogP contribution in [-0.4, -0.2) is 6.04 Å². The van der Waals surface area contributed by atoms with E-state index in [2.05, 4.69) is 29.6 Å². The van der Waals surface area contributed by atoms with E-state index in [1.807, 2.05) is 0 Å². The molecule has 3 unspecified atom stereocenters. The monoisotopic (exact) mass is 255 g/mol. The van der Waals surface area contributed by atoms with Crippen LogP contribution in [0.2, 0.25) is 0 Å². The van der Waals surface area contributed by atoms with Crippen molar-refractivity contribution in [1.82, 2.24) is 5.32 Å². The minimum absolute atomic E-state index is 0.624. The highest BCUT2D eigenvalue weighted by Gasteiger charge is 2.33. The van der Waals surface area contributed by atoms with Crippen molar-refractivity contribution in [2.24, 2.45) is 5.92 Å². The molecule has 3 atom stereocenters. The second-order valence-electron chi connectivity index (χ2n) is 6.89. The molecule has 19 heavy (non-hydrogen) atoms. The van der Waals surface area contributed by atoms with Crippen molar-refractivity contribution >= 4 is 0 Å². The van der Waals surface area contributed by atoms with Crippen LogP contribution < -0.4 is 5.32 Å². The Labute approximate surface area is 116 Å². The van der Waals surface area contributed by atoms with Gasteiger partial charge in [-0.15, -0.1) is 0 Å². The van der Waals surface area contributed by atoms with E-state index in [9.17, 15) is 0 Å². The van der Waals surface area contributed by atoms with Gasteiger partial charge in [0.1, 0.15) is 0 Å². The first-order valence-corrected chi connectivity index (χ1v) is 8.26. The lowest BCUT2D eigenvalue weighted by molar-refractivity contribution is 0.261. The van der Waals surface area contributed by atoms with Crippen molar-refractivity contribution < 1.29 is 0 Å². The summed E-state index contributed by atoms with van der Waals surface area (Å²) in [5.74, 6) is 1.84. The topological polar surface area (TPSA) is 12.0 Å². The van der Waals surface area contributed by atoms with Crippen molar-refractivity contribution in [1.29, 1.82) is 0 Å². The van der Waals surface area contributed by atoms with E-state index in [1.165, 1.54) is 51.4 Å². The van der Waals surface area contributed by atoms with Gasteiger partial charge in [0.25, 0.3) is 0 Å². The molecule has 1 heterocycles. The molecule has 1 aromatic carbocycles. The fraction of sp³-hybridized carbons (Fsp3) is 0.667. The minimum Gasteiger partial charge on any atom is -0.307 e. The van der Waals surface area contributed by atoms with Gasteiger partial charge in [-0.25, -0.2) is 0 Å². The van der Waals surface area contributed by atoms with E-state index >= 15 is 0 Å². The Morgan fingerprint density at radius 3 is 2.53 bits per heavy atom. The summed E-state index contributed by atoms with van der Waals surface area (Å²) in [5, 5.41) is 3.93. The molecule has 0 spiro atoms. The molecular formula is C18H25N. The maximum atomic E-state index is 3.93. The molecule has 1 heteroatoms. The van der Waals surface area contributed by atoms with Crippen LogP contribution in [-0.2, 0) is 0 Å². The highest BCUT2D eigenvalue weighted by molar-refractivity contribution is 5.30. The normalized spacial score (nSPS) is 34.8. The summed E-state index contributed by atoms with van der Waals surface area (Å²) < 4.78 is 0. The molecule has 1 nitrogen and oxygen atoms in total. The van der Waals surface area contributed by atoms with Crippen molar-refractivity contribution in [2.45, 2.75) is 69.4 Å². The summed E-state index contributed by atoms with van der Waals surface area (Å²) in [5.41, 5.74) is 3.15. The van der Waals surface area contributed by atoms with Crippen molar-refractivity contribution in [3.8, 4) is 0 Å². The molecular weight excluding hydrogens is 230 g/mol. The maximum Gasteiger partial charge on any atom is 0.0322 e. The van der Waals surface area contributed by atoms with Gasteiger partial charge in [0.15, 0.2) is 0 Å². The lowest BCUT2D eigenvalue weighted by atomic mass is 9.79. The fourth-order valence-electron chi connectivity index (χ4n) is 4.36. The molecule has 1 aromatic rings. The van der Waals surface area contributed by atoms with Gasteiger partial charge in [0, 0.05) is 12.1 Å². The first-order chi connectivity index (χ1) is 9.40. The average molecular weight is 255 g/mol. The van der Waals surface area contributed by atoms with Gasteiger partial charge in [0.05, 0.1) is 0 Å². The summed E-state index contributed by atoms with van der Waals surface area (Å²) >= 11 is 0. The fourth-order valence-corrected chi connectivity index (χ4v) is 4.36. The lowest BCUT2D eigenvalue weighted by Crippen LogP contribution is -2.40. The molecule has 0 bridgehead atoms. The highest BCUT2D eigenvalue weighted by Crippen LogP contribution is 2.40. The molecule has 0 aromatic heterocycles. The van der Waals surface area contributed by atoms with Gasteiger partial charge in [-0.3, -0.25) is 0 Å². The first-order valence-electron chi connectivity index (χ1n) is 8.26. The number of rotatable bonds is 2. The predicted molar refractivity (Wildman–Crippen MR) is 79.3 cm³/mol. The molecule has 0 radical (unpaired) electrons. The summed E-state index contributed by atoms with van der Waals surface area (Å²) in [7, 11) is 0. The summed E-state index contributed by atoms with van der Waals surface area (Å²) in [6, 6.07) is 10.9. The van der Waals surface area contributed by atoms with Crippen LogP contribution >= 0.6 is 0 Å². The number of nitrogens with one attached hydrogen (secondary N) is 1. The molecule has 3 aliphatic rings. The average Bonchev–Trinajstić information content (AvgIpc) is 2.84. The van der Waals surface area contributed by atoms with Gasteiger partial charge < -0.3 is 5.32 Å². The van der Waals surface area contributed by atoms with Gasteiger partial charge in [0.2, 0.25) is 0 Å². The van der Waals surface area contributed by atoms with Gasteiger partial charge in [-0.1, -0.05) is 37.1 Å². The maximum absolute atomic E-state index is 3.93. The van der Waals surface area contributed by atoms with E-state index in [4.69, 9.17) is 0 Å². The predicted octanol–water partition coefficient (Wildman–Crippen LogP) is 4.55. The Morgan fingerprint density at radius 2 is 1.68 bits per heavy atom. The second kappa shape index (κ2) is 4.94. The van der Waals surface area contributed by atoms with Crippen LogP contribution in [0.4, 0.5) is 0 Å². The van der Waals surface area contributed by atoms with E-state index in [1.54, 1.807) is 11.1 Å². The molecule has 2 aliphatic carbocycles. The van der Waals surface area contributed by atoms with Crippen LogP contribution in [0.25, 0.3) is 0 Å². The Morgan fingerprint density at radius 1 is 0.842 bits per heavy atom. The summed E-state index contributed by atoms with van der Waals surface area (Å²) in [4.78, 5) is 0. The van der Waals surface area contributed by atoms with E-state index in [0.717, 1.165) is 17.9 Å². The number of hydrogen-bond donors (Lipinski definition) is 1. The van der Waals surface area contributed by atoms with Gasteiger partial charge in [-0.2, -0.15) is 0 Å². The Balaban J connectivity index is 1.51. The molecule has 2 saturated carbocycles.